The summed E-state index contributed by atoms with van der Waals surface area (Å²) in [6, 6.07) is 7.48. The van der Waals surface area contributed by atoms with E-state index in [1.165, 1.54) is 0 Å². The Hall–Kier alpha value is -1.55. The van der Waals surface area contributed by atoms with E-state index in [2.05, 4.69) is 5.32 Å². The van der Waals surface area contributed by atoms with Crippen LogP contribution in [0.4, 0.5) is 0 Å². The first-order valence-corrected chi connectivity index (χ1v) is 6.08. The monoisotopic (exact) mass is 269 g/mol. The van der Waals surface area contributed by atoms with Crippen LogP contribution in [0.2, 0.25) is 5.02 Å². The van der Waals surface area contributed by atoms with Gasteiger partial charge in [0.15, 0.2) is 0 Å². The van der Waals surface area contributed by atoms with Gasteiger partial charge in [-0.3, -0.25) is 9.59 Å². The maximum atomic E-state index is 11.4. The normalized spacial score (nSPS) is 11.9. The van der Waals surface area contributed by atoms with Gasteiger partial charge in [0.2, 0.25) is 5.91 Å². The van der Waals surface area contributed by atoms with Crippen molar-refractivity contribution in [3.8, 4) is 0 Å². The van der Waals surface area contributed by atoms with Crippen LogP contribution in [-0.2, 0) is 16.0 Å². The number of benzene rings is 1. The third-order valence-corrected chi connectivity index (χ3v) is 2.72. The van der Waals surface area contributed by atoms with E-state index in [4.69, 9.17) is 16.7 Å². The summed E-state index contributed by atoms with van der Waals surface area (Å²) in [5, 5.41) is 11.5. The van der Waals surface area contributed by atoms with Gasteiger partial charge in [-0.15, -0.1) is 0 Å². The first-order chi connectivity index (χ1) is 8.47. The number of carboxylic acids is 1. The molecule has 0 heterocycles. The van der Waals surface area contributed by atoms with Crippen LogP contribution < -0.4 is 5.32 Å². The van der Waals surface area contributed by atoms with Crippen molar-refractivity contribution in [2.24, 2.45) is 5.92 Å². The lowest BCUT2D eigenvalue weighted by atomic mass is 9.98. The molecule has 0 spiro atoms. The molecule has 18 heavy (non-hydrogen) atoms. The Morgan fingerprint density at radius 2 is 1.94 bits per heavy atom. The van der Waals surface area contributed by atoms with Gasteiger partial charge in [0, 0.05) is 11.4 Å². The summed E-state index contributed by atoms with van der Waals surface area (Å²) in [4.78, 5) is 21.7. The van der Waals surface area contributed by atoms with Crippen LogP contribution in [-0.4, -0.2) is 23.5 Å². The van der Waals surface area contributed by atoms with Crippen LogP contribution in [0.25, 0.3) is 0 Å². The molecule has 0 aliphatic rings. The molecule has 1 aromatic carbocycles. The SMILES string of the molecule is CC(CC(=O)NCC(=O)O)Cc1ccc(Cl)cc1. The van der Waals surface area contributed by atoms with Crippen molar-refractivity contribution in [1.82, 2.24) is 5.32 Å². The van der Waals surface area contributed by atoms with Crippen molar-refractivity contribution in [2.45, 2.75) is 19.8 Å². The van der Waals surface area contributed by atoms with Crippen LogP contribution in [0.15, 0.2) is 24.3 Å². The first-order valence-electron chi connectivity index (χ1n) is 5.70. The molecule has 0 bridgehead atoms. The van der Waals surface area contributed by atoms with E-state index >= 15 is 0 Å². The van der Waals surface area contributed by atoms with E-state index in [0.29, 0.717) is 11.4 Å². The Morgan fingerprint density at radius 3 is 2.50 bits per heavy atom. The number of aliphatic carboxylic acids is 1. The largest absolute Gasteiger partial charge is 0.480 e. The lowest BCUT2D eigenvalue weighted by molar-refractivity contribution is -0.138. The second-order valence-electron chi connectivity index (χ2n) is 4.31. The topological polar surface area (TPSA) is 66.4 Å². The second-order valence-corrected chi connectivity index (χ2v) is 4.75. The number of carbonyl (C=O) groups excluding carboxylic acids is 1. The quantitative estimate of drug-likeness (QED) is 0.831. The van der Waals surface area contributed by atoms with Crippen LogP contribution in [0.3, 0.4) is 0 Å². The molecular weight excluding hydrogens is 254 g/mol. The molecule has 1 unspecified atom stereocenters. The van der Waals surface area contributed by atoms with E-state index in [-0.39, 0.29) is 18.4 Å². The van der Waals surface area contributed by atoms with Gasteiger partial charge in [0.25, 0.3) is 0 Å². The van der Waals surface area contributed by atoms with Crippen molar-refractivity contribution in [3.63, 3.8) is 0 Å². The Labute approximate surface area is 111 Å². The van der Waals surface area contributed by atoms with Gasteiger partial charge >= 0.3 is 5.97 Å². The highest BCUT2D eigenvalue weighted by molar-refractivity contribution is 6.30. The number of nitrogens with one attached hydrogen (secondary N) is 1. The van der Waals surface area contributed by atoms with Crippen molar-refractivity contribution in [1.29, 1.82) is 0 Å². The van der Waals surface area contributed by atoms with Gasteiger partial charge < -0.3 is 10.4 Å². The molecule has 0 aromatic heterocycles. The Balaban J connectivity index is 2.36. The minimum absolute atomic E-state index is 0.153. The predicted octanol–water partition coefficient (Wildman–Crippen LogP) is 2.11. The predicted molar refractivity (Wildman–Crippen MR) is 69.6 cm³/mol. The maximum Gasteiger partial charge on any atom is 0.322 e. The zero-order valence-electron chi connectivity index (χ0n) is 10.1. The summed E-state index contributed by atoms with van der Waals surface area (Å²) in [7, 11) is 0. The molecule has 5 heteroatoms. The van der Waals surface area contributed by atoms with Crippen LogP contribution in [0.1, 0.15) is 18.9 Å². The molecule has 1 atom stereocenters. The summed E-state index contributed by atoms with van der Waals surface area (Å²) in [6.45, 7) is 1.63. The summed E-state index contributed by atoms with van der Waals surface area (Å²) in [5.41, 5.74) is 1.11. The molecule has 1 amide bonds. The fourth-order valence-corrected chi connectivity index (χ4v) is 1.78. The minimum atomic E-state index is -1.03. The number of amides is 1. The number of rotatable bonds is 6. The third-order valence-electron chi connectivity index (χ3n) is 2.47. The van der Waals surface area contributed by atoms with Crippen molar-refractivity contribution < 1.29 is 14.7 Å². The second kappa shape index (κ2) is 7.01. The van der Waals surface area contributed by atoms with Gasteiger partial charge in [0.05, 0.1) is 0 Å². The van der Waals surface area contributed by atoms with Crippen LogP contribution in [0.5, 0.6) is 0 Å². The van der Waals surface area contributed by atoms with Gasteiger partial charge in [-0.25, -0.2) is 0 Å². The molecule has 0 fully saturated rings. The van der Waals surface area contributed by atoms with Crippen LogP contribution in [0, 0.1) is 5.92 Å². The van der Waals surface area contributed by atoms with Gasteiger partial charge in [-0.1, -0.05) is 30.7 Å². The van der Waals surface area contributed by atoms with Gasteiger partial charge in [0.1, 0.15) is 6.54 Å². The van der Waals surface area contributed by atoms with E-state index < -0.39 is 5.97 Å². The molecule has 4 nitrogen and oxygen atoms in total. The highest BCUT2D eigenvalue weighted by Gasteiger charge is 2.10. The van der Waals surface area contributed by atoms with Crippen molar-refractivity contribution >= 4 is 23.5 Å². The molecule has 1 aromatic rings. The minimum Gasteiger partial charge on any atom is -0.480 e. The molecule has 2 N–H and O–H groups in total. The molecule has 0 aliphatic heterocycles. The average molecular weight is 270 g/mol. The van der Waals surface area contributed by atoms with E-state index in [9.17, 15) is 9.59 Å². The molecule has 1 rings (SSSR count). The van der Waals surface area contributed by atoms with E-state index in [0.717, 1.165) is 12.0 Å². The molecule has 0 aliphatic carbocycles. The third kappa shape index (κ3) is 5.68. The van der Waals surface area contributed by atoms with Crippen molar-refractivity contribution in [3.05, 3.63) is 34.9 Å². The molecule has 0 radical (unpaired) electrons. The number of carboxylic acid groups (broad SMARTS) is 1. The average Bonchev–Trinajstić information content (AvgIpc) is 2.29. The Morgan fingerprint density at radius 1 is 1.33 bits per heavy atom. The van der Waals surface area contributed by atoms with E-state index in [1.807, 2.05) is 31.2 Å². The van der Waals surface area contributed by atoms with Gasteiger partial charge in [-0.2, -0.15) is 0 Å². The fraction of sp³-hybridized carbons (Fsp3) is 0.385. The summed E-state index contributed by atoms with van der Waals surface area (Å²) >= 11 is 5.78. The molecule has 98 valence electrons. The highest BCUT2D eigenvalue weighted by Crippen LogP contribution is 2.15. The summed E-state index contributed by atoms with van der Waals surface area (Å²) in [6.07, 6.45) is 1.08. The smallest absolute Gasteiger partial charge is 0.322 e. The fourth-order valence-electron chi connectivity index (χ4n) is 1.66. The molecule has 0 saturated carbocycles. The number of carbonyl (C=O) groups is 2. The summed E-state index contributed by atoms with van der Waals surface area (Å²) < 4.78 is 0. The van der Waals surface area contributed by atoms with Crippen molar-refractivity contribution in [2.75, 3.05) is 6.54 Å². The highest BCUT2D eigenvalue weighted by atomic mass is 35.5. The zero-order valence-corrected chi connectivity index (χ0v) is 10.9. The maximum absolute atomic E-state index is 11.4. The Kier molecular flexibility index (Phi) is 5.65. The number of hydrogen-bond acceptors (Lipinski definition) is 2. The lowest BCUT2D eigenvalue weighted by Crippen LogP contribution is -2.30. The van der Waals surface area contributed by atoms with E-state index in [1.54, 1.807) is 0 Å². The van der Waals surface area contributed by atoms with Gasteiger partial charge in [-0.05, 0) is 30.0 Å². The van der Waals surface area contributed by atoms with Crippen LogP contribution >= 0.6 is 11.6 Å². The lowest BCUT2D eigenvalue weighted by Gasteiger charge is -2.11. The number of halogens is 1. The molecule has 0 saturated heterocycles. The zero-order chi connectivity index (χ0) is 13.5. The summed E-state index contributed by atoms with van der Waals surface area (Å²) in [5.74, 6) is -1.12. The Bertz CT molecular complexity index is 417. The number of hydrogen-bond donors (Lipinski definition) is 2. The standard InChI is InChI=1S/C13H16ClNO3/c1-9(7-12(16)15-8-13(17)18)6-10-2-4-11(14)5-3-10/h2-5,9H,6-8H2,1H3,(H,15,16)(H,17,18). The first kappa shape index (κ1) is 14.5. The molecular formula is C13H16ClNO3.